The summed E-state index contributed by atoms with van der Waals surface area (Å²) in [6.45, 7) is 1.48. The van der Waals surface area contributed by atoms with E-state index < -0.39 is 0 Å². The number of carbonyl (C=O) groups excluding carboxylic acids is 1. The van der Waals surface area contributed by atoms with Gasteiger partial charge in [-0.05, 0) is 46.1 Å². The van der Waals surface area contributed by atoms with E-state index in [1.165, 1.54) is 17.4 Å². The normalized spacial score (nSPS) is 16.7. The zero-order valence-corrected chi connectivity index (χ0v) is 13.7. The van der Waals surface area contributed by atoms with Gasteiger partial charge >= 0.3 is 0 Å². The van der Waals surface area contributed by atoms with Gasteiger partial charge < -0.3 is 15.1 Å². The summed E-state index contributed by atoms with van der Waals surface area (Å²) in [5, 5.41) is 6.34. The summed E-state index contributed by atoms with van der Waals surface area (Å²) in [5.41, 5.74) is 2.61. The predicted octanol–water partition coefficient (Wildman–Crippen LogP) is 3.08. The van der Waals surface area contributed by atoms with E-state index in [2.05, 4.69) is 44.8 Å². The quantitative estimate of drug-likeness (QED) is 0.872. The molecule has 6 heteroatoms. The molecule has 2 N–H and O–H groups in total. The molecule has 2 heterocycles. The molecule has 0 bridgehead atoms. The van der Waals surface area contributed by atoms with E-state index in [-0.39, 0.29) is 24.4 Å². The molecule has 4 nitrogen and oxygen atoms in total. The van der Waals surface area contributed by atoms with Gasteiger partial charge in [-0.25, -0.2) is 0 Å². The van der Waals surface area contributed by atoms with Crippen molar-refractivity contribution in [3.05, 3.63) is 58.0 Å². The lowest BCUT2D eigenvalue weighted by Gasteiger charge is -2.27. The van der Waals surface area contributed by atoms with Gasteiger partial charge in [0.2, 0.25) is 5.76 Å². The number of halogens is 2. The lowest BCUT2D eigenvalue weighted by atomic mass is 9.94. The molecule has 0 radical (unpaired) electrons. The average Bonchev–Trinajstić information content (AvgIpc) is 2.91. The molecule has 1 aromatic carbocycles. The zero-order valence-electron chi connectivity index (χ0n) is 11.3. The minimum absolute atomic E-state index is 0. The summed E-state index contributed by atoms with van der Waals surface area (Å²) in [6.07, 6.45) is 2.53. The van der Waals surface area contributed by atoms with Crippen LogP contribution in [0, 0.1) is 0 Å². The largest absolute Gasteiger partial charge is 0.458 e. The molecule has 112 valence electrons. The molecule has 1 aliphatic heterocycles. The van der Waals surface area contributed by atoms with Gasteiger partial charge in [0.25, 0.3) is 5.91 Å². The Bertz CT molecular complexity index is 630. The van der Waals surface area contributed by atoms with Crippen molar-refractivity contribution in [2.24, 2.45) is 0 Å². The van der Waals surface area contributed by atoms with Crippen LogP contribution in [-0.2, 0) is 6.42 Å². The topological polar surface area (TPSA) is 54.3 Å². The number of furan rings is 1. The molecule has 2 aromatic rings. The molecule has 0 aliphatic carbocycles. The number of carbonyl (C=O) groups is 1. The first kappa shape index (κ1) is 16.1. The minimum atomic E-state index is -0.202. The van der Waals surface area contributed by atoms with Gasteiger partial charge in [0.05, 0.1) is 10.7 Å². The highest BCUT2D eigenvalue weighted by Crippen LogP contribution is 2.22. The zero-order chi connectivity index (χ0) is 13.9. The van der Waals surface area contributed by atoms with Gasteiger partial charge in [0.15, 0.2) is 0 Å². The van der Waals surface area contributed by atoms with Gasteiger partial charge in [-0.15, -0.1) is 12.4 Å². The Hall–Kier alpha value is -1.30. The van der Waals surface area contributed by atoms with Gasteiger partial charge in [0, 0.05) is 12.6 Å². The van der Waals surface area contributed by atoms with E-state index in [0.29, 0.717) is 16.8 Å². The summed E-state index contributed by atoms with van der Waals surface area (Å²) >= 11 is 3.29. The maximum Gasteiger partial charge on any atom is 0.288 e. The summed E-state index contributed by atoms with van der Waals surface area (Å²) < 4.78 is 5.83. The van der Waals surface area contributed by atoms with Crippen molar-refractivity contribution in [3.8, 4) is 0 Å². The number of rotatable bonds is 3. The maximum absolute atomic E-state index is 12.0. The molecular weight excluding hydrogens is 356 g/mol. The van der Waals surface area contributed by atoms with Crippen molar-refractivity contribution in [1.29, 1.82) is 0 Å². The molecule has 1 unspecified atom stereocenters. The molecule has 1 atom stereocenters. The molecule has 0 fully saturated rings. The van der Waals surface area contributed by atoms with Crippen LogP contribution < -0.4 is 10.6 Å². The van der Waals surface area contributed by atoms with Crippen LogP contribution in [0.4, 0.5) is 0 Å². The highest BCUT2D eigenvalue weighted by Gasteiger charge is 2.21. The molecular formula is C15H16BrClN2O2. The molecule has 0 saturated heterocycles. The highest BCUT2D eigenvalue weighted by atomic mass is 79.9. The fourth-order valence-electron chi connectivity index (χ4n) is 2.51. The smallest absolute Gasteiger partial charge is 0.288 e. The van der Waals surface area contributed by atoms with Crippen LogP contribution in [0.5, 0.6) is 0 Å². The third-order valence-corrected chi connectivity index (χ3v) is 4.13. The van der Waals surface area contributed by atoms with Gasteiger partial charge in [-0.1, -0.05) is 24.3 Å². The number of hydrogen-bond acceptors (Lipinski definition) is 3. The minimum Gasteiger partial charge on any atom is -0.458 e. The first-order valence-electron chi connectivity index (χ1n) is 6.58. The first-order chi connectivity index (χ1) is 9.75. The van der Waals surface area contributed by atoms with Crippen molar-refractivity contribution in [1.82, 2.24) is 10.6 Å². The van der Waals surface area contributed by atoms with E-state index in [4.69, 9.17) is 4.42 Å². The predicted molar refractivity (Wildman–Crippen MR) is 86.9 cm³/mol. The van der Waals surface area contributed by atoms with Crippen molar-refractivity contribution < 1.29 is 9.21 Å². The number of fused-ring (bicyclic) bond motifs is 1. The molecule has 0 spiro atoms. The second kappa shape index (κ2) is 7.11. The van der Waals surface area contributed by atoms with Crippen molar-refractivity contribution in [2.75, 3.05) is 13.1 Å². The SMILES string of the molecule is Cl.O=C(NCC1NCCc2ccccc21)c1occc1Br. The monoisotopic (exact) mass is 370 g/mol. The van der Waals surface area contributed by atoms with Gasteiger partial charge in [-0.2, -0.15) is 0 Å². The third kappa shape index (κ3) is 3.48. The van der Waals surface area contributed by atoms with E-state index in [9.17, 15) is 4.79 Å². The maximum atomic E-state index is 12.0. The molecule has 0 saturated carbocycles. The number of amides is 1. The van der Waals surface area contributed by atoms with E-state index in [1.54, 1.807) is 6.07 Å². The number of benzene rings is 1. The lowest BCUT2D eigenvalue weighted by molar-refractivity contribution is 0.0920. The summed E-state index contributed by atoms with van der Waals surface area (Å²) in [6, 6.07) is 10.2. The molecule has 21 heavy (non-hydrogen) atoms. The Labute approximate surface area is 137 Å². The Morgan fingerprint density at radius 2 is 2.19 bits per heavy atom. The van der Waals surface area contributed by atoms with Crippen LogP contribution in [0.2, 0.25) is 0 Å². The molecule has 3 rings (SSSR count). The van der Waals surface area contributed by atoms with Crippen molar-refractivity contribution >= 4 is 34.2 Å². The Morgan fingerprint density at radius 1 is 1.38 bits per heavy atom. The van der Waals surface area contributed by atoms with Crippen LogP contribution in [0.1, 0.15) is 27.7 Å². The fourth-order valence-corrected chi connectivity index (χ4v) is 2.89. The summed E-state index contributed by atoms with van der Waals surface area (Å²) in [5.74, 6) is 0.112. The third-order valence-electron chi connectivity index (χ3n) is 3.51. The Morgan fingerprint density at radius 3 is 2.95 bits per heavy atom. The van der Waals surface area contributed by atoms with E-state index >= 15 is 0 Å². The second-order valence-electron chi connectivity index (χ2n) is 4.76. The number of hydrogen-bond donors (Lipinski definition) is 2. The summed E-state index contributed by atoms with van der Waals surface area (Å²) in [7, 11) is 0. The molecule has 1 aliphatic rings. The second-order valence-corrected chi connectivity index (χ2v) is 5.62. The van der Waals surface area contributed by atoms with Crippen LogP contribution in [-0.4, -0.2) is 19.0 Å². The van der Waals surface area contributed by atoms with Gasteiger partial charge in [-0.3, -0.25) is 4.79 Å². The summed E-state index contributed by atoms with van der Waals surface area (Å²) in [4.78, 5) is 12.0. The van der Waals surface area contributed by atoms with Crippen LogP contribution in [0.15, 0.2) is 45.5 Å². The highest BCUT2D eigenvalue weighted by molar-refractivity contribution is 9.10. The van der Waals surface area contributed by atoms with Gasteiger partial charge in [0.1, 0.15) is 0 Å². The molecule has 1 amide bonds. The standard InChI is InChI=1S/C15H15BrN2O2.ClH/c16-12-6-8-20-14(12)15(19)18-9-13-11-4-2-1-3-10(11)5-7-17-13;/h1-4,6,8,13,17H,5,7,9H2,(H,18,19);1H. The fraction of sp³-hybridized carbons (Fsp3) is 0.267. The van der Waals surface area contributed by atoms with Crippen LogP contribution >= 0.6 is 28.3 Å². The van der Waals surface area contributed by atoms with Crippen molar-refractivity contribution in [3.63, 3.8) is 0 Å². The Balaban J connectivity index is 0.00000161. The lowest BCUT2D eigenvalue weighted by Crippen LogP contribution is -2.38. The van der Waals surface area contributed by atoms with E-state index in [1.807, 2.05) is 6.07 Å². The number of nitrogens with one attached hydrogen (secondary N) is 2. The Kier molecular flexibility index (Phi) is 5.45. The average molecular weight is 372 g/mol. The molecule has 1 aromatic heterocycles. The van der Waals surface area contributed by atoms with Crippen molar-refractivity contribution in [2.45, 2.75) is 12.5 Å². The van der Waals surface area contributed by atoms with Crippen LogP contribution in [0.25, 0.3) is 0 Å². The van der Waals surface area contributed by atoms with E-state index in [0.717, 1.165) is 13.0 Å². The van der Waals surface area contributed by atoms with Crippen LogP contribution in [0.3, 0.4) is 0 Å². The first-order valence-corrected chi connectivity index (χ1v) is 7.37.